The van der Waals surface area contributed by atoms with Crippen molar-refractivity contribution in [3.8, 4) is 0 Å². The molecule has 200 valence electrons. The summed E-state index contributed by atoms with van der Waals surface area (Å²) in [6.07, 6.45) is 12.9. The summed E-state index contributed by atoms with van der Waals surface area (Å²) in [4.78, 5) is 34.5. The first-order chi connectivity index (χ1) is 17.9. The average molecular weight is 576 g/mol. The van der Waals surface area contributed by atoms with Crippen LogP contribution in [0.1, 0.15) is 44.9 Å². The molecule has 37 heavy (non-hydrogen) atoms. The number of piperidine rings is 1. The Bertz CT molecular complexity index is 1030. The van der Waals surface area contributed by atoms with E-state index in [2.05, 4.69) is 40.6 Å². The Balaban J connectivity index is 0.000000142. The second-order valence-electron chi connectivity index (χ2n) is 9.83. The summed E-state index contributed by atoms with van der Waals surface area (Å²) in [6.45, 7) is 7.09. The molecule has 0 N–H and O–H groups in total. The van der Waals surface area contributed by atoms with Crippen molar-refractivity contribution in [1.29, 1.82) is 0 Å². The molecule has 2 atom stereocenters. The molecule has 0 radical (unpaired) electrons. The monoisotopic (exact) mass is 575 g/mol. The Labute approximate surface area is 225 Å². The maximum absolute atomic E-state index is 10.6. The highest BCUT2D eigenvalue weighted by Gasteiger charge is 2.31. The van der Waals surface area contributed by atoms with E-state index in [-0.39, 0.29) is 11.6 Å². The number of nitro groups is 2. The lowest BCUT2D eigenvalue weighted by Gasteiger charge is -2.38. The Kier molecular flexibility index (Phi) is 9.75. The standard InChI is InChI=1S/C12H16N4O2.C8H15N.C5H3BrN2O2/c17-16(18)12-4-3-10(8-13-12)15-7-6-14-5-1-2-11(14)9-15;1-2-6-9-7-3-5-8(9)4-1;6-4-1-2-5(7-3-4)8(9)10/h3-4,8,11H,1-2,5-7,9H2;8H,1-7H2;1-3H. The van der Waals surface area contributed by atoms with Crippen LogP contribution in [0.25, 0.3) is 0 Å². The number of nitrogens with zero attached hydrogens (tertiary/aromatic N) is 7. The molecule has 0 aromatic carbocycles. The molecule has 6 heterocycles. The Morgan fingerprint density at radius 1 is 0.730 bits per heavy atom. The van der Waals surface area contributed by atoms with Crippen molar-refractivity contribution in [2.75, 3.05) is 44.2 Å². The van der Waals surface area contributed by atoms with E-state index in [1.165, 1.54) is 82.9 Å². The predicted octanol–water partition coefficient (Wildman–Crippen LogP) is 4.66. The van der Waals surface area contributed by atoms with E-state index in [4.69, 9.17) is 0 Å². The van der Waals surface area contributed by atoms with Gasteiger partial charge in [-0.3, -0.25) is 4.90 Å². The minimum Gasteiger partial charge on any atom is -0.366 e. The van der Waals surface area contributed by atoms with E-state index in [0.29, 0.717) is 6.04 Å². The number of hydrogen-bond donors (Lipinski definition) is 0. The van der Waals surface area contributed by atoms with E-state index in [1.807, 2.05) is 0 Å². The fourth-order valence-electron chi connectivity index (χ4n) is 5.59. The molecule has 4 saturated heterocycles. The van der Waals surface area contributed by atoms with Gasteiger partial charge in [0.15, 0.2) is 12.4 Å². The predicted molar refractivity (Wildman–Crippen MR) is 145 cm³/mol. The first kappa shape index (κ1) is 27.3. The van der Waals surface area contributed by atoms with Gasteiger partial charge in [-0.05, 0) is 106 Å². The largest absolute Gasteiger partial charge is 0.366 e. The van der Waals surface area contributed by atoms with Crippen LogP contribution in [0.3, 0.4) is 0 Å². The van der Waals surface area contributed by atoms with E-state index in [0.717, 1.165) is 35.8 Å². The van der Waals surface area contributed by atoms with Gasteiger partial charge in [-0.2, -0.15) is 0 Å². The van der Waals surface area contributed by atoms with E-state index >= 15 is 0 Å². The zero-order valence-electron chi connectivity index (χ0n) is 21.0. The van der Waals surface area contributed by atoms with Crippen LogP contribution in [0, 0.1) is 20.2 Å². The molecule has 4 aliphatic rings. The Morgan fingerprint density at radius 3 is 1.92 bits per heavy atom. The number of fused-ring (bicyclic) bond motifs is 2. The molecular weight excluding hydrogens is 542 g/mol. The number of rotatable bonds is 3. The summed E-state index contributed by atoms with van der Waals surface area (Å²) in [7, 11) is 0. The highest BCUT2D eigenvalue weighted by molar-refractivity contribution is 9.10. The molecule has 4 aliphatic heterocycles. The van der Waals surface area contributed by atoms with Crippen molar-refractivity contribution >= 4 is 33.3 Å². The minimum absolute atomic E-state index is 0.0850. The first-order valence-corrected chi connectivity index (χ1v) is 13.8. The molecule has 4 fully saturated rings. The number of halogens is 1. The molecule has 0 amide bonds. The first-order valence-electron chi connectivity index (χ1n) is 13.0. The molecule has 0 aliphatic carbocycles. The normalized spacial score (nSPS) is 23.1. The van der Waals surface area contributed by atoms with Crippen molar-refractivity contribution in [2.24, 2.45) is 0 Å². The van der Waals surface area contributed by atoms with Gasteiger partial charge in [0.2, 0.25) is 0 Å². The van der Waals surface area contributed by atoms with E-state index < -0.39 is 9.85 Å². The summed E-state index contributed by atoms with van der Waals surface area (Å²) in [6, 6.07) is 7.84. The van der Waals surface area contributed by atoms with Gasteiger partial charge in [-0.25, -0.2) is 0 Å². The maximum atomic E-state index is 10.6. The van der Waals surface area contributed by atoms with Gasteiger partial charge in [-0.1, -0.05) is 6.42 Å². The Hall–Kier alpha value is -2.70. The van der Waals surface area contributed by atoms with Crippen LogP contribution >= 0.6 is 15.9 Å². The van der Waals surface area contributed by atoms with Crippen LogP contribution in [0.4, 0.5) is 17.3 Å². The van der Waals surface area contributed by atoms with Gasteiger partial charge in [0.05, 0.1) is 10.2 Å². The summed E-state index contributed by atoms with van der Waals surface area (Å²) in [5.74, 6) is -0.221. The van der Waals surface area contributed by atoms with Crippen LogP contribution < -0.4 is 4.90 Å². The number of aromatic nitrogens is 2. The number of hydrogen-bond acceptors (Lipinski definition) is 9. The highest BCUT2D eigenvalue weighted by atomic mass is 79.9. The van der Waals surface area contributed by atoms with Crippen molar-refractivity contribution in [3.05, 3.63) is 61.4 Å². The maximum Gasteiger partial charge on any atom is 0.363 e. The smallest absolute Gasteiger partial charge is 0.363 e. The third-order valence-corrected chi connectivity index (χ3v) is 7.97. The molecule has 11 nitrogen and oxygen atoms in total. The third-order valence-electron chi connectivity index (χ3n) is 7.50. The van der Waals surface area contributed by atoms with Crippen molar-refractivity contribution in [1.82, 2.24) is 19.8 Å². The SMILES string of the molecule is C1CCN2CCCC2C1.O=[N+]([O-])c1ccc(Br)cn1.O=[N+]([O-])c1ccc(N2CCN3CCCC3C2)cn1. The lowest BCUT2D eigenvalue weighted by atomic mass is 10.0. The second-order valence-corrected chi connectivity index (χ2v) is 10.7. The highest BCUT2D eigenvalue weighted by Crippen LogP contribution is 2.27. The fraction of sp³-hybridized carbons (Fsp3) is 0.600. The quantitative estimate of drug-likeness (QED) is 0.379. The molecule has 12 heteroatoms. The summed E-state index contributed by atoms with van der Waals surface area (Å²) in [5, 5.41) is 20.6. The number of pyridine rings is 2. The van der Waals surface area contributed by atoms with Gasteiger partial charge in [-0.15, -0.1) is 0 Å². The lowest BCUT2D eigenvalue weighted by Crippen LogP contribution is -2.50. The molecule has 2 aromatic heterocycles. The molecule has 0 spiro atoms. The zero-order valence-corrected chi connectivity index (χ0v) is 22.5. The van der Waals surface area contributed by atoms with Gasteiger partial charge >= 0.3 is 11.6 Å². The van der Waals surface area contributed by atoms with Crippen LogP contribution in [-0.4, -0.2) is 81.0 Å². The molecular formula is C25H34BrN7O4. The van der Waals surface area contributed by atoms with Crippen LogP contribution in [0.15, 0.2) is 41.1 Å². The van der Waals surface area contributed by atoms with Gasteiger partial charge < -0.3 is 30.0 Å². The van der Waals surface area contributed by atoms with E-state index in [9.17, 15) is 20.2 Å². The summed E-state index contributed by atoms with van der Waals surface area (Å²) >= 11 is 3.11. The lowest BCUT2D eigenvalue weighted by molar-refractivity contribution is -0.389. The number of anilines is 1. The zero-order chi connectivity index (χ0) is 26.2. The molecule has 0 bridgehead atoms. The van der Waals surface area contributed by atoms with Crippen molar-refractivity contribution in [3.63, 3.8) is 0 Å². The Morgan fingerprint density at radius 2 is 1.32 bits per heavy atom. The van der Waals surface area contributed by atoms with E-state index in [1.54, 1.807) is 18.3 Å². The fourth-order valence-corrected chi connectivity index (χ4v) is 5.82. The van der Waals surface area contributed by atoms with Crippen molar-refractivity contribution < 1.29 is 9.85 Å². The molecule has 6 rings (SSSR count). The van der Waals surface area contributed by atoms with Crippen molar-refractivity contribution in [2.45, 2.75) is 57.0 Å². The van der Waals surface area contributed by atoms with Gasteiger partial charge in [0.1, 0.15) is 0 Å². The van der Waals surface area contributed by atoms with Crippen LogP contribution in [0.2, 0.25) is 0 Å². The van der Waals surface area contributed by atoms with Gasteiger partial charge in [0.25, 0.3) is 0 Å². The molecule has 2 unspecified atom stereocenters. The minimum atomic E-state index is -0.535. The summed E-state index contributed by atoms with van der Waals surface area (Å²) < 4.78 is 0.734. The van der Waals surface area contributed by atoms with Gasteiger partial charge in [0, 0.05) is 43.9 Å². The molecule has 0 saturated carbocycles. The van der Waals surface area contributed by atoms with Crippen LogP contribution in [-0.2, 0) is 0 Å². The topological polar surface area (TPSA) is 122 Å². The average Bonchev–Trinajstić information content (AvgIpc) is 3.59. The third kappa shape index (κ3) is 7.65. The molecule has 2 aromatic rings. The number of piperazine rings is 1. The summed E-state index contributed by atoms with van der Waals surface area (Å²) in [5.41, 5.74) is 0.993. The second kappa shape index (κ2) is 13.2. The van der Waals surface area contributed by atoms with Crippen LogP contribution in [0.5, 0.6) is 0 Å².